The van der Waals surface area contributed by atoms with Crippen molar-refractivity contribution in [1.29, 1.82) is 0 Å². The monoisotopic (exact) mass is 450 g/mol. The van der Waals surface area contributed by atoms with Crippen molar-refractivity contribution in [3.8, 4) is 11.5 Å². The van der Waals surface area contributed by atoms with Crippen molar-refractivity contribution in [2.24, 2.45) is 7.05 Å². The van der Waals surface area contributed by atoms with Gasteiger partial charge in [0.15, 0.2) is 28.6 Å². The fourth-order valence-electron chi connectivity index (χ4n) is 2.67. The van der Waals surface area contributed by atoms with E-state index >= 15 is 0 Å². The van der Waals surface area contributed by atoms with Crippen LogP contribution in [0.25, 0.3) is 0 Å². The molecule has 1 N–H and O–H groups in total. The van der Waals surface area contributed by atoms with E-state index in [1.807, 2.05) is 31.2 Å². The van der Waals surface area contributed by atoms with Crippen LogP contribution in [-0.4, -0.2) is 33.5 Å². The van der Waals surface area contributed by atoms with Crippen molar-refractivity contribution in [3.05, 3.63) is 59.1 Å². The maximum Gasteiger partial charge on any atom is 0.234 e. The van der Waals surface area contributed by atoms with E-state index in [4.69, 9.17) is 21.1 Å². The van der Waals surface area contributed by atoms with Crippen LogP contribution in [0.2, 0.25) is 5.02 Å². The Kier molecular flexibility index (Phi) is 7.17. The first-order chi connectivity index (χ1) is 14.4. The normalized spacial score (nSPS) is 11.8. The molecule has 1 heterocycles. The van der Waals surface area contributed by atoms with Gasteiger partial charge in [-0.05, 0) is 37.3 Å². The highest BCUT2D eigenvalue weighted by atomic mass is 35.5. The first-order valence-electron chi connectivity index (χ1n) is 8.95. The number of ether oxygens (including phenoxy) is 2. The molecule has 1 atom stereocenters. The molecule has 3 rings (SSSR count). The van der Waals surface area contributed by atoms with Crippen LogP contribution in [0.15, 0.2) is 47.6 Å². The lowest BCUT2D eigenvalue weighted by Gasteiger charge is -2.16. The first-order valence-corrected chi connectivity index (χ1v) is 10.3. The molecule has 1 amide bonds. The number of methoxy groups -OCH3 is 1. The maximum atomic E-state index is 13.8. The number of para-hydroxylation sites is 2. The number of carbonyl (C=O) groups is 1. The summed E-state index contributed by atoms with van der Waals surface area (Å²) in [5, 5.41) is 11.6. The van der Waals surface area contributed by atoms with Crippen molar-refractivity contribution in [2.45, 2.75) is 18.2 Å². The molecule has 1 aromatic heterocycles. The Morgan fingerprint density at radius 2 is 2.00 bits per heavy atom. The van der Waals surface area contributed by atoms with E-state index in [2.05, 4.69) is 15.5 Å². The molecule has 158 valence electrons. The number of halogens is 2. The minimum atomic E-state index is -0.593. The van der Waals surface area contributed by atoms with E-state index in [1.54, 1.807) is 18.7 Å². The molecule has 2 aromatic carbocycles. The number of hydrogen-bond donors (Lipinski definition) is 1. The van der Waals surface area contributed by atoms with Gasteiger partial charge in [0, 0.05) is 12.1 Å². The number of thioether (sulfide) groups is 1. The van der Waals surface area contributed by atoms with Gasteiger partial charge in [0.1, 0.15) is 5.82 Å². The number of rotatable bonds is 8. The minimum absolute atomic E-state index is 0.0375. The summed E-state index contributed by atoms with van der Waals surface area (Å²) in [7, 11) is 3.36. The molecular weight excluding hydrogens is 431 g/mol. The number of nitrogens with one attached hydrogen (secondary N) is 1. The Hall–Kier alpha value is -2.78. The molecule has 10 heteroatoms. The zero-order valence-electron chi connectivity index (χ0n) is 16.6. The van der Waals surface area contributed by atoms with Crippen molar-refractivity contribution in [3.63, 3.8) is 0 Å². The Labute approximate surface area is 182 Å². The first kappa shape index (κ1) is 21.9. The Bertz CT molecular complexity index is 1050. The quantitative estimate of drug-likeness (QED) is 0.509. The Balaban J connectivity index is 1.61. The average Bonchev–Trinajstić information content (AvgIpc) is 3.09. The van der Waals surface area contributed by atoms with Crippen LogP contribution < -0.4 is 14.8 Å². The summed E-state index contributed by atoms with van der Waals surface area (Å²) in [6, 6.07) is 11.4. The molecule has 1 unspecified atom stereocenters. The Morgan fingerprint density at radius 1 is 1.27 bits per heavy atom. The molecule has 30 heavy (non-hydrogen) atoms. The molecule has 0 spiro atoms. The molecule has 7 nitrogen and oxygen atoms in total. The van der Waals surface area contributed by atoms with E-state index in [-0.39, 0.29) is 22.4 Å². The number of aromatic nitrogens is 3. The molecule has 0 bridgehead atoms. The predicted octanol–water partition coefficient (Wildman–Crippen LogP) is 4.49. The van der Waals surface area contributed by atoms with Gasteiger partial charge in [-0.2, -0.15) is 0 Å². The van der Waals surface area contributed by atoms with E-state index in [1.165, 1.54) is 23.9 Å². The molecule has 0 saturated carbocycles. The van der Waals surface area contributed by atoms with E-state index in [0.717, 1.165) is 6.07 Å². The maximum absolute atomic E-state index is 13.8. The fourth-order valence-corrected chi connectivity index (χ4v) is 3.55. The molecule has 0 fully saturated rings. The number of benzene rings is 2. The fraction of sp³-hybridized carbons (Fsp3) is 0.250. The lowest BCUT2D eigenvalue weighted by molar-refractivity contribution is -0.113. The van der Waals surface area contributed by atoms with Crippen LogP contribution >= 0.6 is 23.4 Å². The van der Waals surface area contributed by atoms with Crippen molar-refractivity contribution in [1.82, 2.24) is 14.8 Å². The molecular formula is C20H20ClFN4O3S. The van der Waals surface area contributed by atoms with Gasteiger partial charge < -0.3 is 19.4 Å². The molecule has 0 aliphatic rings. The van der Waals surface area contributed by atoms with Crippen LogP contribution in [-0.2, 0) is 11.8 Å². The number of amides is 1. The van der Waals surface area contributed by atoms with Crippen LogP contribution in [0.3, 0.4) is 0 Å². The van der Waals surface area contributed by atoms with E-state index in [9.17, 15) is 9.18 Å². The van der Waals surface area contributed by atoms with Gasteiger partial charge >= 0.3 is 0 Å². The summed E-state index contributed by atoms with van der Waals surface area (Å²) in [6.07, 6.45) is -0.398. The van der Waals surface area contributed by atoms with Gasteiger partial charge in [-0.15, -0.1) is 10.2 Å². The summed E-state index contributed by atoms with van der Waals surface area (Å²) in [6.45, 7) is 1.85. The van der Waals surface area contributed by atoms with Crippen LogP contribution in [0.1, 0.15) is 18.9 Å². The number of nitrogens with zero attached hydrogens (tertiary/aromatic N) is 3. The highest BCUT2D eigenvalue weighted by Gasteiger charge is 2.19. The predicted molar refractivity (Wildman–Crippen MR) is 114 cm³/mol. The second-order valence-corrected chi connectivity index (χ2v) is 7.65. The number of hydrogen-bond acceptors (Lipinski definition) is 6. The molecule has 0 radical (unpaired) electrons. The third-order valence-electron chi connectivity index (χ3n) is 4.14. The summed E-state index contributed by atoms with van der Waals surface area (Å²) in [5.74, 6) is 0.873. The zero-order chi connectivity index (χ0) is 21.7. The van der Waals surface area contributed by atoms with Crippen molar-refractivity contribution >= 4 is 35.0 Å². The average molecular weight is 451 g/mol. The molecule has 3 aromatic rings. The third-order valence-corrected chi connectivity index (χ3v) is 5.40. The van der Waals surface area contributed by atoms with Crippen LogP contribution in [0.5, 0.6) is 11.5 Å². The van der Waals surface area contributed by atoms with Gasteiger partial charge in [0.2, 0.25) is 5.91 Å². The summed E-state index contributed by atoms with van der Waals surface area (Å²) < 4.78 is 26.8. The summed E-state index contributed by atoms with van der Waals surface area (Å²) in [5.41, 5.74) is 0.0717. The molecule has 0 aliphatic carbocycles. The lowest BCUT2D eigenvalue weighted by atomic mass is 10.3. The second kappa shape index (κ2) is 9.82. The smallest absolute Gasteiger partial charge is 0.234 e. The number of anilines is 1. The number of carbonyl (C=O) groups excluding carboxylic acids is 1. The SMILES string of the molecule is COc1ccccc1OC(C)c1nnc(SCC(=O)Nc2ccc(Cl)cc2F)n1C. The van der Waals surface area contributed by atoms with Gasteiger partial charge in [-0.3, -0.25) is 4.79 Å². The van der Waals surface area contributed by atoms with Gasteiger partial charge in [0.25, 0.3) is 0 Å². The van der Waals surface area contributed by atoms with Crippen LogP contribution in [0.4, 0.5) is 10.1 Å². The third kappa shape index (κ3) is 5.22. The van der Waals surface area contributed by atoms with Crippen molar-refractivity contribution < 1.29 is 18.7 Å². The van der Waals surface area contributed by atoms with Gasteiger partial charge in [-0.25, -0.2) is 4.39 Å². The standard InChI is InChI=1S/C20H20ClFN4O3S/c1-12(29-17-7-5-4-6-16(17)28-3)19-24-25-20(26(19)2)30-11-18(27)23-15-9-8-13(21)10-14(15)22/h4-10,12H,11H2,1-3H3,(H,23,27). The van der Waals surface area contributed by atoms with Gasteiger partial charge in [0.05, 0.1) is 18.6 Å². The highest BCUT2D eigenvalue weighted by Crippen LogP contribution is 2.30. The highest BCUT2D eigenvalue weighted by molar-refractivity contribution is 7.99. The minimum Gasteiger partial charge on any atom is -0.493 e. The molecule has 0 aliphatic heterocycles. The second-order valence-electron chi connectivity index (χ2n) is 6.27. The molecule has 0 saturated heterocycles. The van der Waals surface area contributed by atoms with Crippen LogP contribution in [0, 0.1) is 5.82 Å². The van der Waals surface area contributed by atoms with Crippen molar-refractivity contribution in [2.75, 3.05) is 18.2 Å². The summed E-state index contributed by atoms with van der Waals surface area (Å²) >= 11 is 6.90. The van der Waals surface area contributed by atoms with E-state index < -0.39 is 11.9 Å². The largest absolute Gasteiger partial charge is 0.493 e. The summed E-state index contributed by atoms with van der Waals surface area (Å²) in [4.78, 5) is 12.2. The lowest BCUT2D eigenvalue weighted by Crippen LogP contribution is -2.15. The van der Waals surface area contributed by atoms with Gasteiger partial charge in [-0.1, -0.05) is 35.5 Å². The Morgan fingerprint density at radius 3 is 2.70 bits per heavy atom. The zero-order valence-corrected chi connectivity index (χ0v) is 18.1. The topological polar surface area (TPSA) is 78.3 Å². The van der Waals surface area contributed by atoms with E-state index in [0.29, 0.717) is 22.5 Å².